The molecule has 100 valence electrons. The van der Waals surface area contributed by atoms with Gasteiger partial charge in [-0.05, 0) is 53.8 Å². The number of benzene rings is 1. The van der Waals surface area contributed by atoms with Crippen molar-refractivity contribution in [2.45, 2.75) is 13.3 Å². The summed E-state index contributed by atoms with van der Waals surface area (Å²) in [6.07, 6.45) is 0.934. The molecular formula is C14H16IN3S. The molecule has 0 bridgehead atoms. The summed E-state index contributed by atoms with van der Waals surface area (Å²) in [4.78, 5) is 5.68. The Hall–Kier alpha value is -1.08. The fraction of sp³-hybridized carbons (Fsp3) is 0.214. The summed E-state index contributed by atoms with van der Waals surface area (Å²) < 4.78 is 1.31. The van der Waals surface area contributed by atoms with Gasteiger partial charge in [0.05, 0.1) is 2.88 Å². The van der Waals surface area contributed by atoms with Gasteiger partial charge in [0.2, 0.25) is 0 Å². The predicted octanol–water partition coefficient (Wildman–Crippen LogP) is 3.63. The van der Waals surface area contributed by atoms with Crippen LogP contribution in [0.1, 0.15) is 10.4 Å². The lowest BCUT2D eigenvalue weighted by Gasteiger charge is -2.05. The van der Waals surface area contributed by atoms with E-state index in [2.05, 4.69) is 52.0 Å². The second-order valence-corrected chi connectivity index (χ2v) is 7.28. The maximum Gasteiger partial charge on any atom is 0.193 e. The van der Waals surface area contributed by atoms with Crippen molar-refractivity contribution in [3.8, 4) is 0 Å². The minimum absolute atomic E-state index is 0.468. The van der Waals surface area contributed by atoms with Gasteiger partial charge >= 0.3 is 0 Å². The third-order valence-corrected chi connectivity index (χ3v) is 4.55. The fourth-order valence-electron chi connectivity index (χ4n) is 1.60. The molecule has 0 saturated carbocycles. The van der Waals surface area contributed by atoms with Crippen LogP contribution in [0, 0.1) is 9.81 Å². The maximum atomic E-state index is 5.85. The number of halogens is 1. The van der Waals surface area contributed by atoms with E-state index in [-0.39, 0.29) is 0 Å². The van der Waals surface area contributed by atoms with Crippen molar-refractivity contribution >= 4 is 45.6 Å². The molecule has 5 heteroatoms. The van der Waals surface area contributed by atoms with Gasteiger partial charge in [-0.15, -0.1) is 11.3 Å². The van der Waals surface area contributed by atoms with Crippen molar-refractivity contribution in [3.05, 3.63) is 49.7 Å². The standard InChI is InChI=1S/C14H16IN3S/c1-10-2-4-11(5-3-10)18-14(16)17-9-8-12-6-7-13(15)19-12/h2-7H,8-9H2,1H3,(H3,16,17,18). The Kier molecular flexibility index (Phi) is 5.21. The molecule has 0 aliphatic rings. The molecule has 0 unspecified atom stereocenters. The number of aryl methyl sites for hydroxylation is 1. The summed E-state index contributed by atoms with van der Waals surface area (Å²) in [5.74, 6) is 0.468. The molecule has 0 saturated heterocycles. The molecule has 3 N–H and O–H groups in total. The van der Waals surface area contributed by atoms with Crippen LogP contribution in [0.15, 0.2) is 41.4 Å². The molecule has 2 aromatic rings. The molecule has 2 rings (SSSR count). The minimum atomic E-state index is 0.468. The third-order valence-electron chi connectivity index (χ3n) is 2.59. The monoisotopic (exact) mass is 385 g/mol. The van der Waals surface area contributed by atoms with Crippen LogP contribution in [0.3, 0.4) is 0 Å². The van der Waals surface area contributed by atoms with E-state index >= 15 is 0 Å². The second kappa shape index (κ2) is 6.91. The summed E-state index contributed by atoms with van der Waals surface area (Å²) in [5, 5.41) is 3.09. The topological polar surface area (TPSA) is 50.4 Å². The molecule has 0 amide bonds. The first-order chi connectivity index (χ1) is 9.13. The van der Waals surface area contributed by atoms with E-state index in [0.29, 0.717) is 12.5 Å². The highest BCUT2D eigenvalue weighted by Gasteiger charge is 1.98. The fourth-order valence-corrected chi connectivity index (χ4v) is 3.34. The highest BCUT2D eigenvalue weighted by atomic mass is 127. The molecule has 0 radical (unpaired) electrons. The quantitative estimate of drug-likeness (QED) is 0.480. The number of guanidine groups is 1. The van der Waals surface area contributed by atoms with Crippen LogP contribution >= 0.6 is 33.9 Å². The van der Waals surface area contributed by atoms with Gasteiger partial charge in [-0.2, -0.15) is 0 Å². The molecule has 1 heterocycles. The van der Waals surface area contributed by atoms with Gasteiger partial charge < -0.3 is 11.1 Å². The number of hydrogen-bond donors (Lipinski definition) is 2. The zero-order valence-corrected chi connectivity index (χ0v) is 13.7. The van der Waals surface area contributed by atoms with Crippen LogP contribution < -0.4 is 11.1 Å². The van der Waals surface area contributed by atoms with E-state index in [1.54, 1.807) is 11.3 Å². The van der Waals surface area contributed by atoms with Gasteiger partial charge in [-0.25, -0.2) is 0 Å². The first-order valence-electron chi connectivity index (χ1n) is 6.01. The highest BCUT2D eigenvalue weighted by molar-refractivity contribution is 14.1. The normalized spacial score (nSPS) is 11.6. The Bertz CT molecular complexity index is 560. The summed E-state index contributed by atoms with van der Waals surface area (Å²) in [6.45, 7) is 2.77. The summed E-state index contributed by atoms with van der Waals surface area (Å²) in [5.41, 5.74) is 8.05. The Morgan fingerprint density at radius 2 is 2.00 bits per heavy atom. The molecule has 0 aliphatic carbocycles. The van der Waals surface area contributed by atoms with Crippen LogP contribution in [-0.4, -0.2) is 12.5 Å². The minimum Gasteiger partial charge on any atom is -0.370 e. The zero-order chi connectivity index (χ0) is 13.7. The van der Waals surface area contributed by atoms with Gasteiger partial charge in [0.15, 0.2) is 5.96 Å². The van der Waals surface area contributed by atoms with Crippen molar-refractivity contribution in [1.82, 2.24) is 0 Å². The van der Waals surface area contributed by atoms with Gasteiger partial charge in [-0.1, -0.05) is 17.7 Å². The zero-order valence-electron chi connectivity index (χ0n) is 10.7. The van der Waals surface area contributed by atoms with Gasteiger partial charge in [0.25, 0.3) is 0 Å². The lowest BCUT2D eigenvalue weighted by molar-refractivity contribution is 0.983. The summed E-state index contributed by atoms with van der Waals surface area (Å²) in [6, 6.07) is 12.4. The van der Waals surface area contributed by atoms with Gasteiger partial charge in [0.1, 0.15) is 0 Å². The Balaban J connectivity index is 1.84. The first kappa shape index (κ1) is 14.3. The number of rotatable bonds is 4. The van der Waals surface area contributed by atoms with Crippen LogP contribution in [0.25, 0.3) is 0 Å². The number of anilines is 1. The molecule has 0 spiro atoms. The summed E-state index contributed by atoms with van der Waals surface area (Å²) >= 11 is 4.13. The largest absolute Gasteiger partial charge is 0.370 e. The van der Waals surface area contributed by atoms with E-state index in [1.165, 1.54) is 13.3 Å². The van der Waals surface area contributed by atoms with E-state index in [4.69, 9.17) is 5.73 Å². The van der Waals surface area contributed by atoms with Crippen molar-refractivity contribution in [3.63, 3.8) is 0 Å². The Morgan fingerprint density at radius 3 is 2.63 bits per heavy atom. The van der Waals surface area contributed by atoms with E-state index in [0.717, 1.165) is 12.1 Å². The molecular weight excluding hydrogens is 369 g/mol. The Labute approximate surface area is 131 Å². The second-order valence-electron chi connectivity index (χ2n) is 4.21. The molecule has 3 nitrogen and oxygen atoms in total. The molecule has 1 aromatic carbocycles. The van der Waals surface area contributed by atoms with E-state index in [9.17, 15) is 0 Å². The van der Waals surface area contributed by atoms with Crippen LogP contribution in [0.5, 0.6) is 0 Å². The van der Waals surface area contributed by atoms with Crippen molar-refractivity contribution in [2.75, 3.05) is 11.9 Å². The number of hydrogen-bond acceptors (Lipinski definition) is 2. The molecule has 0 fully saturated rings. The SMILES string of the molecule is Cc1ccc(NC(N)=NCCc2ccc(I)s2)cc1. The number of nitrogens with zero attached hydrogens (tertiary/aromatic N) is 1. The predicted molar refractivity (Wildman–Crippen MR) is 92.0 cm³/mol. The van der Waals surface area contributed by atoms with Crippen LogP contribution in [0.2, 0.25) is 0 Å². The number of aliphatic imine (C=N–C) groups is 1. The maximum absolute atomic E-state index is 5.85. The van der Waals surface area contributed by atoms with Crippen LogP contribution in [0.4, 0.5) is 5.69 Å². The van der Waals surface area contributed by atoms with Crippen molar-refractivity contribution in [2.24, 2.45) is 10.7 Å². The third kappa shape index (κ3) is 4.83. The average Bonchev–Trinajstić information content (AvgIpc) is 2.78. The molecule has 0 aliphatic heterocycles. The Morgan fingerprint density at radius 1 is 1.26 bits per heavy atom. The van der Waals surface area contributed by atoms with E-state index in [1.807, 2.05) is 24.3 Å². The summed E-state index contributed by atoms with van der Waals surface area (Å²) in [7, 11) is 0. The van der Waals surface area contributed by atoms with Crippen molar-refractivity contribution in [1.29, 1.82) is 0 Å². The smallest absolute Gasteiger partial charge is 0.193 e. The van der Waals surface area contributed by atoms with Crippen LogP contribution in [-0.2, 0) is 6.42 Å². The number of thiophene rings is 1. The number of nitrogens with one attached hydrogen (secondary N) is 1. The van der Waals surface area contributed by atoms with Gasteiger partial charge in [-0.3, -0.25) is 4.99 Å². The lowest BCUT2D eigenvalue weighted by Crippen LogP contribution is -2.23. The highest BCUT2D eigenvalue weighted by Crippen LogP contribution is 2.18. The average molecular weight is 385 g/mol. The lowest BCUT2D eigenvalue weighted by atomic mass is 10.2. The molecule has 0 atom stereocenters. The molecule has 19 heavy (non-hydrogen) atoms. The number of nitrogens with two attached hydrogens (primary N) is 1. The molecule has 1 aromatic heterocycles. The van der Waals surface area contributed by atoms with Gasteiger partial charge in [0, 0.05) is 23.5 Å². The van der Waals surface area contributed by atoms with E-state index < -0.39 is 0 Å². The first-order valence-corrected chi connectivity index (χ1v) is 7.91. The van der Waals surface area contributed by atoms with Crippen molar-refractivity contribution < 1.29 is 0 Å².